The van der Waals surface area contributed by atoms with Crippen LogP contribution in [-0.4, -0.2) is 63.5 Å². The molecular weight excluding hydrogens is 342 g/mol. The first-order chi connectivity index (χ1) is 12.7. The van der Waals surface area contributed by atoms with Gasteiger partial charge < -0.3 is 19.8 Å². The number of rotatable bonds is 2. The van der Waals surface area contributed by atoms with Crippen LogP contribution < -0.4 is 0 Å². The lowest BCUT2D eigenvalue weighted by Gasteiger charge is -2.65. The van der Waals surface area contributed by atoms with Gasteiger partial charge in [0, 0.05) is 18.8 Å². The van der Waals surface area contributed by atoms with Crippen molar-refractivity contribution in [1.82, 2.24) is 0 Å². The van der Waals surface area contributed by atoms with Crippen LogP contribution in [0.15, 0.2) is 12.1 Å². The summed E-state index contributed by atoms with van der Waals surface area (Å²) in [6.07, 6.45) is 3.54. The number of Topliss-reactive ketones (excluding diaryl/α,β-unsaturated/α-hetero) is 1. The first kappa shape index (κ1) is 17.7. The number of nitrogens with zero attached hydrogens (tertiary/aromatic N) is 1. The van der Waals surface area contributed by atoms with Crippen LogP contribution >= 0.6 is 0 Å². The summed E-state index contributed by atoms with van der Waals surface area (Å²) in [4.78, 5) is 13.5. The highest BCUT2D eigenvalue weighted by atomic mass is 16.3. The lowest BCUT2D eigenvalue weighted by atomic mass is 9.47. The molecule has 1 aliphatic heterocycles. The number of carbonyl (C=O) groups excluding carboxylic acids is 1. The van der Waals surface area contributed by atoms with E-state index in [9.17, 15) is 20.1 Å². The van der Waals surface area contributed by atoms with E-state index in [4.69, 9.17) is 0 Å². The van der Waals surface area contributed by atoms with Gasteiger partial charge in [0.15, 0.2) is 5.78 Å². The molecule has 2 saturated carbocycles. The van der Waals surface area contributed by atoms with E-state index >= 15 is 0 Å². The van der Waals surface area contributed by atoms with E-state index in [1.165, 1.54) is 12.8 Å². The summed E-state index contributed by atoms with van der Waals surface area (Å²) in [5.41, 5.74) is 0.291. The van der Waals surface area contributed by atoms with E-state index in [1.807, 2.05) is 13.0 Å². The molecule has 1 aromatic rings. The van der Waals surface area contributed by atoms with Crippen LogP contribution in [0.2, 0.25) is 0 Å². The maximum atomic E-state index is 13.5. The van der Waals surface area contributed by atoms with Crippen molar-refractivity contribution in [3.05, 3.63) is 28.8 Å². The van der Waals surface area contributed by atoms with Gasteiger partial charge in [-0.2, -0.15) is 0 Å². The summed E-state index contributed by atoms with van der Waals surface area (Å²) in [5.74, 6) is 0.657. The third-order valence-corrected chi connectivity index (χ3v) is 8.30. The Morgan fingerprint density at radius 2 is 1.96 bits per heavy atom. The number of piperidine rings is 1. The molecular formula is C22H30NO4+. The third kappa shape index (κ3) is 2.08. The molecule has 0 aromatic heterocycles. The minimum absolute atomic E-state index is 0.0419. The Kier molecular flexibility index (Phi) is 3.49. The highest BCUT2D eigenvalue weighted by Crippen LogP contribution is 2.59. The molecule has 3 aliphatic carbocycles. The maximum absolute atomic E-state index is 13.5. The molecule has 1 saturated heterocycles. The molecule has 3 N–H and O–H groups in total. The number of phenolic OH excluding ortho intramolecular Hbond substituents is 1. The zero-order valence-electron chi connectivity index (χ0n) is 16.2. The van der Waals surface area contributed by atoms with E-state index in [0.29, 0.717) is 24.8 Å². The van der Waals surface area contributed by atoms with Crippen LogP contribution in [0, 0.1) is 12.8 Å². The molecule has 5 nitrogen and oxygen atoms in total. The Labute approximate surface area is 160 Å². The number of phenols is 1. The quantitative estimate of drug-likeness (QED) is 0.689. The van der Waals surface area contributed by atoms with Crippen molar-refractivity contribution >= 4 is 5.78 Å². The molecule has 2 bridgehead atoms. The Balaban J connectivity index is 1.76. The molecule has 5 unspecified atom stereocenters. The molecule has 1 heterocycles. The Bertz CT molecular complexity index is 834. The topological polar surface area (TPSA) is 77.8 Å². The van der Waals surface area contributed by atoms with Gasteiger partial charge in [-0.05, 0) is 55.4 Å². The number of ketones is 1. The van der Waals surface area contributed by atoms with Crippen LogP contribution in [0.3, 0.4) is 0 Å². The Morgan fingerprint density at radius 3 is 2.67 bits per heavy atom. The van der Waals surface area contributed by atoms with Crippen LogP contribution in [0.4, 0.5) is 0 Å². The van der Waals surface area contributed by atoms with Gasteiger partial charge in [0.25, 0.3) is 0 Å². The van der Waals surface area contributed by atoms with Crippen LogP contribution in [0.1, 0.15) is 48.8 Å². The molecule has 1 aromatic carbocycles. The molecule has 4 aliphatic rings. The molecule has 5 heteroatoms. The number of fused-ring (bicyclic) bond motifs is 1. The zero-order chi connectivity index (χ0) is 19.2. The second-order valence-corrected chi connectivity index (χ2v) is 9.79. The van der Waals surface area contributed by atoms with Crippen molar-refractivity contribution in [2.45, 2.75) is 68.6 Å². The predicted octanol–water partition coefficient (Wildman–Crippen LogP) is 1.58. The first-order valence-corrected chi connectivity index (χ1v) is 10.3. The van der Waals surface area contributed by atoms with Crippen molar-refractivity contribution in [3.8, 4) is 5.75 Å². The summed E-state index contributed by atoms with van der Waals surface area (Å²) in [5, 5.41) is 33.0. The fraction of sp³-hybridized carbons (Fsp3) is 0.682. The number of quaternary nitrogens is 1. The summed E-state index contributed by atoms with van der Waals surface area (Å²) in [7, 11) is 2.25. The van der Waals surface area contributed by atoms with Gasteiger partial charge in [-0.15, -0.1) is 0 Å². The second-order valence-electron chi connectivity index (χ2n) is 9.79. The number of hydrogen-bond acceptors (Lipinski definition) is 4. The summed E-state index contributed by atoms with van der Waals surface area (Å²) in [6, 6.07) is 3.59. The zero-order valence-corrected chi connectivity index (χ0v) is 16.2. The van der Waals surface area contributed by atoms with Crippen molar-refractivity contribution in [2.75, 3.05) is 20.1 Å². The maximum Gasteiger partial charge on any atom is 0.175 e. The number of aliphatic hydroxyl groups excluding tert-OH is 1. The molecule has 5 rings (SSSR count). The average molecular weight is 372 g/mol. The molecule has 5 atom stereocenters. The predicted molar refractivity (Wildman–Crippen MR) is 100 cm³/mol. The van der Waals surface area contributed by atoms with E-state index in [-0.39, 0.29) is 17.6 Å². The number of aliphatic hydroxyl groups is 2. The summed E-state index contributed by atoms with van der Waals surface area (Å²) < 4.78 is 0.811. The van der Waals surface area contributed by atoms with Gasteiger partial charge in [0.05, 0.1) is 25.6 Å². The highest BCUT2D eigenvalue weighted by Gasteiger charge is 2.73. The molecule has 0 spiro atoms. The molecule has 0 radical (unpaired) electrons. The van der Waals surface area contributed by atoms with Gasteiger partial charge in [-0.1, -0.05) is 6.07 Å². The van der Waals surface area contributed by atoms with Crippen molar-refractivity contribution in [1.29, 1.82) is 0 Å². The molecule has 0 amide bonds. The highest BCUT2D eigenvalue weighted by molar-refractivity contribution is 5.97. The minimum atomic E-state index is -1.16. The van der Waals surface area contributed by atoms with Crippen molar-refractivity contribution < 1.29 is 24.6 Å². The lowest BCUT2D eigenvalue weighted by Crippen LogP contribution is -2.81. The standard InChI is InChI=1S/C22H29NO4/c1-13-16(24)6-5-15-11-18-22(27)8-7-17(25)20(26)21(22,19(13)15)9-10-23(18,2)12-14-3-4-14/h5-6,14,17-18,25,27H,3-4,7-12H2,1-2H3/p+1. The van der Waals surface area contributed by atoms with Gasteiger partial charge in [0.1, 0.15) is 23.5 Å². The van der Waals surface area contributed by atoms with Crippen LogP contribution in [0.25, 0.3) is 0 Å². The van der Waals surface area contributed by atoms with Crippen LogP contribution in [0.5, 0.6) is 5.75 Å². The van der Waals surface area contributed by atoms with Crippen molar-refractivity contribution in [2.24, 2.45) is 5.92 Å². The van der Waals surface area contributed by atoms with Crippen LogP contribution in [-0.2, 0) is 16.6 Å². The number of likely N-dealkylation sites (N-methyl/N-ethyl adjacent to an activating group) is 1. The van der Waals surface area contributed by atoms with E-state index in [1.54, 1.807) is 6.07 Å². The summed E-state index contributed by atoms with van der Waals surface area (Å²) >= 11 is 0. The molecule has 27 heavy (non-hydrogen) atoms. The fourth-order valence-corrected chi connectivity index (χ4v) is 6.78. The fourth-order valence-electron chi connectivity index (χ4n) is 6.78. The smallest absolute Gasteiger partial charge is 0.175 e. The van der Waals surface area contributed by atoms with Gasteiger partial charge in [0.2, 0.25) is 0 Å². The Hall–Kier alpha value is -1.43. The monoisotopic (exact) mass is 372 g/mol. The van der Waals surface area contributed by atoms with Gasteiger partial charge >= 0.3 is 0 Å². The minimum Gasteiger partial charge on any atom is -0.508 e. The van der Waals surface area contributed by atoms with Gasteiger partial charge in [-0.3, -0.25) is 4.79 Å². The SMILES string of the molecule is Cc1c(O)ccc2c1C13CC[N+](C)(CC4CC4)C(C2)C1(O)CCC(O)C3=O. The lowest BCUT2D eigenvalue weighted by molar-refractivity contribution is -0.950. The summed E-state index contributed by atoms with van der Waals surface area (Å²) in [6.45, 7) is 3.73. The second kappa shape index (κ2) is 5.34. The first-order valence-electron chi connectivity index (χ1n) is 10.3. The Morgan fingerprint density at radius 1 is 1.22 bits per heavy atom. The number of benzene rings is 1. The number of aromatic hydroxyl groups is 1. The molecule has 146 valence electrons. The third-order valence-electron chi connectivity index (χ3n) is 8.30. The average Bonchev–Trinajstić information content (AvgIpc) is 3.43. The number of carbonyl (C=O) groups is 1. The van der Waals surface area contributed by atoms with E-state index < -0.39 is 17.1 Å². The van der Waals surface area contributed by atoms with E-state index in [0.717, 1.165) is 41.0 Å². The number of hydrogen-bond donors (Lipinski definition) is 3. The van der Waals surface area contributed by atoms with Gasteiger partial charge in [-0.25, -0.2) is 0 Å². The largest absolute Gasteiger partial charge is 0.508 e. The van der Waals surface area contributed by atoms with E-state index in [2.05, 4.69) is 7.05 Å². The van der Waals surface area contributed by atoms with Crippen molar-refractivity contribution in [3.63, 3.8) is 0 Å². The molecule has 3 fully saturated rings. The number of likely N-dealkylation sites (tertiary alicyclic amines) is 1. The normalized spacial score (nSPS) is 43.2.